The molecule has 3 aromatic carbocycles. The van der Waals surface area contributed by atoms with Crippen LogP contribution in [0.15, 0.2) is 72.8 Å². The quantitative estimate of drug-likeness (QED) is 0.502. The molecular formula is C27H27ClN2O3. The lowest BCUT2D eigenvalue weighted by Crippen LogP contribution is -2.41. The summed E-state index contributed by atoms with van der Waals surface area (Å²) in [4.78, 5) is 25.4. The topological polar surface area (TPSA) is 67.4 Å². The third-order valence-corrected chi connectivity index (χ3v) is 6.01. The third kappa shape index (κ3) is 6.14. The molecule has 1 heterocycles. The number of rotatable bonds is 7. The number of benzene rings is 3. The lowest BCUT2D eigenvalue weighted by Gasteiger charge is -2.26. The van der Waals surface area contributed by atoms with Crippen molar-refractivity contribution in [1.29, 1.82) is 0 Å². The highest BCUT2D eigenvalue weighted by Gasteiger charge is 2.27. The minimum atomic E-state index is -0.268. The summed E-state index contributed by atoms with van der Waals surface area (Å²) in [5.74, 6) is 0.234. The van der Waals surface area contributed by atoms with Gasteiger partial charge in [0.05, 0.1) is 5.92 Å². The first-order chi connectivity index (χ1) is 16.0. The Hall–Kier alpha value is -3.31. The number of fused-ring (bicyclic) bond motifs is 1. The minimum Gasteiger partial charge on any atom is -0.492 e. The van der Waals surface area contributed by atoms with Gasteiger partial charge in [-0.15, -0.1) is 0 Å². The van der Waals surface area contributed by atoms with E-state index in [0.717, 1.165) is 24.2 Å². The second-order valence-corrected chi connectivity index (χ2v) is 8.87. The van der Waals surface area contributed by atoms with Gasteiger partial charge in [0, 0.05) is 22.3 Å². The molecule has 33 heavy (non-hydrogen) atoms. The first kappa shape index (κ1) is 22.9. The molecule has 3 aromatic rings. The molecular weight excluding hydrogens is 436 g/mol. The van der Waals surface area contributed by atoms with Gasteiger partial charge in [0.25, 0.3) is 5.91 Å². The highest BCUT2D eigenvalue weighted by molar-refractivity contribution is 6.31. The third-order valence-electron chi connectivity index (χ3n) is 5.78. The van der Waals surface area contributed by atoms with E-state index in [4.69, 9.17) is 16.3 Å². The number of hydrogen-bond donors (Lipinski definition) is 2. The minimum absolute atomic E-state index is 0.00502. The van der Waals surface area contributed by atoms with Crippen LogP contribution in [0.1, 0.15) is 34.8 Å². The second kappa shape index (κ2) is 10.5. The molecule has 2 amide bonds. The van der Waals surface area contributed by atoms with Crippen LogP contribution < -0.4 is 15.4 Å². The van der Waals surface area contributed by atoms with Gasteiger partial charge in [0.1, 0.15) is 12.4 Å². The zero-order valence-corrected chi connectivity index (χ0v) is 19.3. The van der Waals surface area contributed by atoms with Crippen molar-refractivity contribution < 1.29 is 14.3 Å². The maximum Gasteiger partial charge on any atom is 0.255 e. The molecule has 4 rings (SSSR count). The zero-order valence-electron chi connectivity index (χ0n) is 18.5. The van der Waals surface area contributed by atoms with Crippen LogP contribution in [0.2, 0.25) is 5.02 Å². The van der Waals surface area contributed by atoms with Gasteiger partial charge in [0.2, 0.25) is 5.91 Å². The van der Waals surface area contributed by atoms with E-state index in [2.05, 4.69) is 22.8 Å². The molecule has 0 aromatic heterocycles. The van der Waals surface area contributed by atoms with Gasteiger partial charge in [-0.25, -0.2) is 0 Å². The largest absolute Gasteiger partial charge is 0.492 e. The number of amides is 2. The molecule has 0 aliphatic carbocycles. The van der Waals surface area contributed by atoms with Crippen molar-refractivity contribution in [1.82, 2.24) is 5.32 Å². The van der Waals surface area contributed by atoms with E-state index in [1.807, 2.05) is 37.3 Å². The molecule has 0 bridgehead atoms. The molecule has 0 spiro atoms. The van der Waals surface area contributed by atoms with E-state index in [9.17, 15) is 9.59 Å². The Morgan fingerprint density at radius 2 is 1.88 bits per heavy atom. The smallest absolute Gasteiger partial charge is 0.255 e. The van der Waals surface area contributed by atoms with Crippen LogP contribution in [0.3, 0.4) is 0 Å². The van der Waals surface area contributed by atoms with Gasteiger partial charge in [-0.3, -0.25) is 9.59 Å². The van der Waals surface area contributed by atoms with Crippen LogP contribution in [0, 0.1) is 5.92 Å². The number of hydrogen-bond acceptors (Lipinski definition) is 3. The summed E-state index contributed by atoms with van der Waals surface area (Å²) in [5, 5.41) is 6.52. The predicted octanol–water partition coefficient (Wildman–Crippen LogP) is 5.28. The Morgan fingerprint density at radius 3 is 2.67 bits per heavy atom. The molecule has 1 aliphatic heterocycles. The predicted molar refractivity (Wildman–Crippen MR) is 131 cm³/mol. The van der Waals surface area contributed by atoms with Crippen LogP contribution in [-0.2, 0) is 17.6 Å². The fraction of sp³-hybridized carbons (Fsp3) is 0.259. The maximum absolute atomic E-state index is 12.8. The SMILES string of the molecule is C[C@H](CCc1ccccc1)NC(=O)[C@H]1COc2ccc(NC(=O)c3cccc(Cl)c3)cc2C1. The zero-order chi connectivity index (χ0) is 23.2. The molecule has 0 radical (unpaired) electrons. The fourth-order valence-corrected chi connectivity index (χ4v) is 4.12. The van der Waals surface area contributed by atoms with Crippen LogP contribution in [-0.4, -0.2) is 24.5 Å². The highest BCUT2D eigenvalue weighted by Crippen LogP contribution is 2.30. The number of halogens is 1. The maximum atomic E-state index is 12.8. The molecule has 0 saturated heterocycles. The first-order valence-corrected chi connectivity index (χ1v) is 11.5. The summed E-state index contributed by atoms with van der Waals surface area (Å²) in [7, 11) is 0. The molecule has 6 heteroatoms. The summed E-state index contributed by atoms with van der Waals surface area (Å²) in [6.07, 6.45) is 2.36. The van der Waals surface area contributed by atoms with Gasteiger partial charge in [-0.05, 0) is 73.7 Å². The standard InChI is InChI=1S/C27H27ClN2O3/c1-18(10-11-19-6-3-2-4-7-19)29-27(32)22-14-21-16-24(12-13-25(21)33-17-22)30-26(31)20-8-5-9-23(28)15-20/h2-9,12-13,15-16,18,22H,10-11,14,17H2,1H3,(H,29,32)(H,30,31)/t18-,22-/m1/s1. The van der Waals surface area contributed by atoms with Gasteiger partial charge in [-0.1, -0.05) is 48.0 Å². The molecule has 0 unspecified atom stereocenters. The summed E-state index contributed by atoms with van der Waals surface area (Å²) in [6.45, 7) is 2.38. The fourth-order valence-electron chi connectivity index (χ4n) is 3.93. The van der Waals surface area contributed by atoms with Crippen molar-refractivity contribution in [2.24, 2.45) is 5.92 Å². The van der Waals surface area contributed by atoms with Crippen molar-refractivity contribution >= 4 is 29.1 Å². The number of carbonyl (C=O) groups is 2. The Labute approximate surface area is 199 Å². The number of anilines is 1. The Morgan fingerprint density at radius 1 is 1.06 bits per heavy atom. The average molecular weight is 463 g/mol. The van der Waals surface area contributed by atoms with E-state index in [0.29, 0.717) is 29.3 Å². The number of ether oxygens (including phenoxy) is 1. The van der Waals surface area contributed by atoms with E-state index < -0.39 is 0 Å². The average Bonchev–Trinajstić information content (AvgIpc) is 2.83. The number of nitrogens with one attached hydrogen (secondary N) is 2. The summed E-state index contributed by atoms with van der Waals surface area (Å²) < 4.78 is 5.84. The van der Waals surface area contributed by atoms with Crippen molar-refractivity contribution in [3.05, 3.63) is 94.5 Å². The van der Waals surface area contributed by atoms with Crippen molar-refractivity contribution in [2.75, 3.05) is 11.9 Å². The molecule has 2 N–H and O–H groups in total. The summed E-state index contributed by atoms with van der Waals surface area (Å²) >= 11 is 5.98. The van der Waals surface area contributed by atoms with Gasteiger partial charge in [0.15, 0.2) is 0 Å². The van der Waals surface area contributed by atoms with Crippen LogP contribution >= 0.6 is 11.6 Å². The summed E-state index contributed by atoms with van der Waals surface area (Å²) in [5.41, 5.74) is 3.31. The van der Waals surface area contributed by atoms with E-state index in [1.165, 1.54) is 5.56 Å². The summed E-state index contributed by atoms with van der Waals surface area (Å²) in [6, 6.07) is 22.6. The highest BCUT2D eigenvalue weighted by atomic mass is 35.5. The molecule has 2 atom stereocenters. The Bertz CT molecular complexity index is 1130. The van der Waals surface area contributed by atoms with Crippen molar-refractivity contribution in [2.45, 2.75) is 32.2 Å². The van der Waals surface area contributed by atoms with E-state index in [-0.39, 0.29) is 23.8 Å². The lowest BCUT2D eigenvalue weighted by atomic mass is 9.95. The lowest BCUT2D eigenvalue weighted by molar-refractivity contribution is -0.126. The van der Waals surface area contributed by atoms with E-state index in [1.54, 1.807) is 30.3 Å². The van der Waals surface area contributed by atoms with Crippen LogP contribution in [0.25, 0.3) is 0 Å². The van der Waals surface area contributed by atoms with Crippen molar-refractivity contribution in [3.8, 4) is 5.75 Å². The molecule has 0 fully saturated rings. The van der Waals surface area contributed by atoms with Crippen LogP contribution in [0.4, 0.5) is 5.69 Å². The molecule has 5 nitrogen and oxygen atoms in total. The monoisotopic (exact) mass is 462 g/mol. The van der Waals surface area contributed by atoms with Gasteiger partial charge >= 0.3 is 0 Å². The van der Waals surface area contributed by atoms with Crippen molar-refractivity contribution in [3.63, 3.8) is 0 Å². The first-order valence-electron chi connectivity index (χ1n) is 11.1. The van der Waals surface area contributed by atoms with Crippen LogP contribution in [0.5, 0.6) is 5.75 Å². The number of aryl methyl sites for hydroxylation is 1. The normalized spacial score (nSPS) is 15.6. The van der Waals surface area contributed by atoms with E-state index >= 15 is 0 Å². The molecule has 170 valence electrons. The Balaban J connectivity index is 1.34. The molecule has 1 aliphatic rings. The number of carbonyl (C=O) groups excluding carboxylic acids is 2. The molecule has 0 saturated carbocycles. The van der Waals surface area contributed by atoms with Gasteiger partial charge in [-0.2, -0.15) is 0 Å². The van der Waals surface area contributed by atoms with Gasteiger partial charge < -0.3 is 15.4 Å². The Kier molecular flexibility index (Phi) is 7.30. The second-order valence-electron chi connectivity index (χ2n) is 8.43.